The number of carbonyl (C=O) groups excluding carboxylic acids is 2. The lowest BCUT2D eigenvalue weighted by molar-refractivity contribution is -0.137. The second-order valence-electron chi connectivity index (χ2n) is 8.45. The molecule has 0 atom stereocenters. The zero-order valence-electron chi connectivity index (χ0n) is 19.8. The molecule has 202 valence electrons. The smallest absolute Gasteiger partial charge is 0.339 e. The zero-order chi connectivity index (χ0) is 27.7. The normalized spacial score (nSPS) is 14.2. The number of anilines is 1. The molecule has 38 heavy (non-hydrogen) atoms. The van der Waals surface area contributed by atoms with Crippen molar-refractivity contribution in [2.75, 3.05) is 18.0 Å². The van der Waals surface area contributed by atoms with Crippen LogP contribution in [0.15, 0.2) is 24.3 Å². The molecule has 0 spiro atoms. The minimum absolute atomic E-state index is 0.0702. The fourth-order valence-electron chi connectivity index (χ4n) is 3.87. The standard InChI is InChI=1S/C22H20F6N8O2/c1-13-29-18-16(12-37)34(20(38)35(19(18)30-13)10-7-21(23,24)25)8-2-9-36-32-17(31-33-36)11-14-3-5-15(6-4-14)22(26,27)28/h3-6H,2,7-11H2,1H3,(H,29,30). The number of nitrogens with one attached hydrogen (secondary N) is 1. The summed E-state index contributed by atoms with van der Waals surface area (Å²) in [6.07, 6.45) is -9.88. The Bertz CT molecular complexity index is 1360. The molecule has 3 heterocycles. The van der Waals surface area contributed by atoms with Gasteiger partial charge in [-0.3, -0.25) is 9.80 Å². The molecule has 0 fully saturated rings. The van der Waals surface area contributed by atoms with E-state index in [0.29, 0.717) is 11.4 Å². The van der Waals surface area contributed by atoms with Gasteiger partial charge in [0.05, 0.1) is 18.5 Å². The van der Waals surface area contributed by atoms with Gasteiger partial charge in [0, 0.05) is 19.5 Å². The fraction of sp³-hybridized carbons (Fsp3) is 0.409. The maximum atomic E-state index is 13.0. The highest BCUT2D eigenvalue weighted by Gasteiger charge is 2.39. The number of hydrogen-bond acceptors (Lipinski definition) is 6. The Morgan fingerprint density at radius 2 is 1.71 bits per heavy atom. The Kier molecular flexibility index (Phi) is 7.26. The number of hydrogen-bond donors (Lipinski definition) is 1. The number of tetrazole rings is 1. The van der Waals surface area contributed by atoms with Crippen molar-refractivity contribution in [3.8, 4) is 0 Å². The Labute approximate surface area is 210 Å². The average Bonchev–Trinajstić information content (AvgIpc) is 3.43. The van der Waals surface area contributed by atoms with E-state index in [4.69, 9.17) is 0 Å². The molecular weight excluding hydrogens is 522 g/mol. The summed E-state index contributed by atoms with van der Waals surface area (Å²) in [6.45, 7) is 0.920. The molecule has 0 bridgehead atoms. The molecule has 1 aliphatic heterocycles. The maximum Gasteiger partial charge on any atom is 0.416 e. The molecule has 16 heteroatoms. The summed E-state index contributed by atoms with van der Waals surface area (Å²) in [5.41, 5.74) is -0.314. The summed E-state index contributed by atoms with van der Waals surface area (Å²) in [5.74, 6) is 2.16. The van der Waals surface area contributed by atoms with Gasteiger partial charge in [-0.25, -0.2) is 14.6 Å². The van der Waals surface area contributed by atoms with Crippen LogP contribution in [0.2, 0.25) is 0 Å². The van der Waals surface area contributed by atoms with Crippen LogP contribution in [0, 0.1) is 6.92 Å². The van der Waals surface area contributed by atoms with Crippen LogP contribution in [0.1, 0.15) is 41.3 Å². The van der Waals surface area contributed by atoms with Crippen molar-refractivity contribution in [3.63, 3.8) is 0 Å². The molecule has 0 unspecified atom stereocenters. The maximum absolute atomic E-state index is 13.0. The first-order valence-corrected chi connectivity index (χ1v) is 11.3. The van der Waals surface area contributed by atoms with Crippen LogP contribution in [-0.2, 0) is 23.9 Å². The predicted molar refractivity (Wildman–Crippen MR) is 119 cm³/mol. The quantitative estimate of drug-likeness (QED) is 0.343. The monoisotopic (exact) mass is 542 g/mol. The number of carbonyl (C=O) groups is 1. The number of urea groups is 1. The number of aryl methyl sites for hydroxylation is 2. The van der Waals surface area contributed by atoms with Crippen molar-refractivity contribution >= 4 is 23.5 Å². The summed E-state index contributed by atoms with van der Waals surface area (Å²) >= 11 is 0. The Morgan fingerprint density at radius 3 is 2.34 bits per heavy atom. The largest absolute Gasteiger partial charge is 0.416 e. The highest BCUT2D eigenvalue weighted by atomic mass is 19.4. The molecule has 0 saturated heterocycles. The van der Waals surface area contributed by atoms with E-state index < -0.39 is 36.9 Å². The van der Waals surface area contributed by atoms with Crippen molar-refractivity contribution in [2.24, 2.45) is 0 Å². The lowest BCUT2D eigenvalue weighted by atomic mass is 10.1. The van der Waals surface area contributed by atoms with Crippen molar-refractivity contribution in [2.45, 2.75) is 45.1 Å². The Hall–Kier alpha value is -4.20. The fourth-order valence-corrected chi connectivity index (χ4v) is 3.87. The lowest BCUT2D eigenvalue weighted by Gasteiger charge is -2.34. The van der Waals surface area contributed by atoms with E-state index in [1.807, 2.05) is 0 Å². The third-order valence-corrected chi connectivity index (χ3v) is 5.62. The SMILES string of the molecule is Cc1nc2c([nH]1)C(=C=O)N(CCCn1nnc(Cc3ccc(C(F)(F)F)cc3)n1)C(=O)N2CCC(F)(F)F. The average molecular weight is 542 g/mol. The lowest BCUT2D eigenvalue weighted by Crippen LogP contribution is -2.48. The number of aromatic amines is 1. The van der Waals surface area contributed by atoms with Gasteiger partial charge in [0.2, 0.25) is 0 Å². The highest BCUT2D eigenvalue weighted by molar-refractivity contribution is 6.08. The molecule has 10 nitrogen and oxygen atoms in total. The van der Waals surface area contributed by atoms with Crippen molar-refractivity contribution in [1.29, 1.82) is 0 Å². The van der Waals surface area contributed by atoms with Gasteiger partial charge in [0.1, 0.15) is 11.5 Å². The molecule has 1 N–H and O–H groups in total. The summed E-state index contributed by atoms with van der Waals surface area (Å²) in [6, 6.07) is 3.70. The molecule has 0 aliphatic carbocycles. The molecule has 1 aromatic carbocycles. The van der Waals surface area contributed by atoms with Gasteiger partial charge < -0.3 is 4.98 Å². The number of aromatic nitrogens is 6. The summed E-state index contributed by atoms with van der Waals surface area (Å²) in [4.78, 5) is 34.7. The Morgan fingerprint density at radius 1 is 1.00 bits per heavy atom. The molecule has 1 aliphatic rings. The third-order valence-electron chi connectivity index (χ3n) is 5.62. The molecular formula is C22H20F6N8O2. The molecule has 3 aromatic rings. The number of imidazole rings is 1. The molecule has 2 aromatic heterocycles. The van der Waals surface area contributed by atoms with Crippen LogP contribution in [-0.4, -0.2) is 66.3 Å². The van der Waals surface area contributed by atoms with E-state index in [-0.39, 0.29) is 49.0 Å². The van der Waals surface area contributed by atoms with Crippen LogP contribution >= 0.6 is 0 Å². The van der Waals surface area contributed by atoms with Crippen LogP contribution in [0.25, 0.3) is 5.70 Å². The number of halogens is 6. The number of benzene rings is 1. The van der Waals surface area contributed by atoms with Gasteiger partial charge in [-0.2, -0.15) is 31.1 Å². The molecule has 0 saturated carbocycles. The van der Waals surface area contributed by atoms with Crippen molar-refractivity contribution in [3.05, 3.63) is 52.7 Å². The number of nitrogens with zero attached hydrogens (tertiary/aromatic N) is 7. The first kappa shape index (κ1) is 26.9. The van der Waals surface area contributed by atoms with Gasteiger partial charge in [-0.15, -0.1) is 10.2 Å². The number of alkyl halides is 6. The van der Waals surface area contributed by atoms with Gasteiger partial charge in [0.25, 0.3) is 0 Å². The summed E-state index contributed by atoms with van der Waals surface area (Å²) in [7, 11) is 0. The Balaban J connectivity index is 1.41. The minimum Gasteiger partial charge on any atom is -0.339 e. The predicted octanol–water partition coefficient (Wildman–Crippen LogP) is 3.77. The first-order chi connectivity index (χ1) is 17.9. The van der Waals surface area contributed by atoms with Crippen molar-refractivity contribution in [1.82, 2.24) is 35.1 Å². The van der Waals surface area contributed by atoms with Crippen LogP contribution in [0.4, 0.5) is 37.0 Å². The number of H-pyrrole nitrogens is 1. The molecule has 2 amide bonds. The van der Waals surface area contributed by atoms with E-state index in [9.17, 15) is 35.9 Å². The van der Waals surface area contributed by atoms with Crippen molar-refractivity contribution < 1.29 is 35.9 Å². The topological polar surface area (TPSA) is 113 Å². The van der Waals surface area contributed by atoms with Gasteiger partial charge in [-0.1, -0.05) is 12.1 Å². The number of rotatable bonds is 8. The summed E-state index contributed by atoms with van der Waals surface area (Å²) < 4.78 is 76.7. The van der Waals surface area contributed by atoms with E-state index in [0.717, 1.165) is 21.9 Å². The third kappa shape index (κ3) is 6.02. The number of amides is 2. The van der Waals surface area contributed by atoms with E-state index in [2.05, 4.69) is 25.4 Å². The first-order valence-electron chi connectivity index (χ1n) is 11.3. The second kappa shape index (κ2) is 10.3. The van der Waals surface area contributed by atoms with Crippen LogP contribution in [0.3, 0.4) is 0 Å². The number of fused-ring (bicyclic) bond motifs is 1. The van der Waals surface area contributed by atoms with Gasteiger partial charge in [0.15, 0.2) is 23.3 Å². The van der Waals surface area contributed by atoms with Crippen LogP contribution in [0.5, 0.6) is 0 Å². The summed E-state index contributed by atoms with van der Waals surface area (Å²) in [5, 5.41) is 11.9. The molecule has 0 radical (unpaired) electrons. The van der Waals surface area contributed by atoms with E-state index in [1.165, 1.54) is 23.9 Å². The van der Waals surface area contributed by atoms with Crippen LogP contribution < -0.4 is 4.90 Å². The van der Waals surface area contributed by atoms with E-state index >= 15 is 0 Å². The molecule has 4 rings (SSSR count). The minimum atomic E-state index is -4.51. The zero-order valence-corrected chi connectivity index (χ0v) is 19.8. The van der Waals surface area contributed by atoms with Gasteiger partial charge >= 0.3 is 18.4 Å². The van der Waals surface area contributed by atoms with Gasteiger partial charge in [-0.05, 0) is 36.3 Å². The van der Waals surface area contributed by atoms with E-state index in [1.54, 1.807) is 5.94 Å². The highest BCUT2D eigenvalue weighted by Crippen LogP contribution is 2.34. The second-order valence-corrected chi connectivity index (χ2v) is 8.45.